The van der Waals surface area contributed by atoms with Gasteiger partial charge in [0.25, 0.3) is 5.91 Å². The lowest BCUT2D eigenvalue weighted by Crippen LogP contribution is -2.27. The zero-order chi connectivity index (χ0) is 14.7. The van der Waals surface area contributed by atoms with Gasteiger partial charge in [-0.15, -0.1) is 0 Å². The SMILES string of the molecule is CC(NC(=O)c1ccc2c(c1)CCCN2)c1ccccn1. The van der Waals surface area contributed by atoms with Gasteiger partial charge in [-0.1, -0.05) is 6.07 Å². The number of carbonyl (C=O) groups is 1. The summed E-state index contributed by atoms with van der Waals surface area (Å²) >= 11 is 0. The van der Waals surface area contributed by atoms with E-state index in [1.54, 1.807) is 6.20 Å². The van der Waals surface area contributed by atoms with Gasteiger partial charge in [-0.05, 0) is 55.7 Å². The zero-order valence-electron chi connectivity index (χ0n) is 12.1. The Morgan fingerprint density at radius 1 is 1.33 bits per heavy atom. The molecule has 2 N–H and O–H groups in total. The van der Waals surface area contributed by atoms with Crippen molar-refractivity contribution in [2.24, 2.45) is 0 Å². The van der Waals surface area contributed by atoms with Crippen LogP contribution in [0.25, 0.3) is 0 Å². The van der Waals surface area contributed by atoms with E-state index in [0.717, 1.165) is 30.8 Å². The van der Waals surface area contributed by atoms with Gasteiger partial charge in [-0.2, -0.15) is 0 Å². The number of aryl methyl sites for hydroxylation is 1. The molecular weight excluding hydrogens is 262 g/mol. The predicted molar refractivity (Wildman–Crippen MR) is 83.4 cm³/mol. The van der Waals surface area contributed by atoms with E-state index >= 15 is 0 Å². The second-order valence-electron chi connectivity index (χ2n) is 5.35. The number of hydrogen-bond donors (Lipinski definition) is 2. The van der Waals surface area contributed by atoms with E-state index in [1.165, 1.54) is 5.56 Å². The number of benzene rings is 1. The molecule has 4 heteroatoms. The number of nitrogens with one attached hydrogen (secondary N) is 2. The number of hydrogen-bond acceptors (Lipinski definition) is 3. The number of pyridine rings is 1. The smallest absolute Gasteiger partial charge is 0.251 e. The first kappa shape index (κ1) is 13.6. The number of nitrogens with zero attached hydrogens (tertiary/aromatic N) is 1. The van der Waals surface area contributed by atoms with Crippen LogP contribution in [0.15, 0.2) is 42.6 Å². The van der Waals surface area contributed by atoms with Crippen LogP contribution in [-0.2, 0) is 6.42 Å². The number of aromatic nitrogens is 1. The van der Waals surface area contributed by atoms with E-state index in [4.69, 9.17) is 0 Å². The fourth-order valence-electron chi connectivity index (χ4n) is 2.60. The molecule has 0 saturated carbocycles. The van der Waals surface area contributed by atoms with Gasteiger partial charge in [0.05, 0.1) is 11.7 Å². The van der Waals surface area contributed by atoms with E-state index in [9.17, 15) is 4.79 Å². The summed E-state index contributed by atoms with van der Waals surface area (Å²) in [5.41, 5.74) is 3.95. The van der Waals surface area contributed by atoms with E-state index < -0.39 is 0 Å². The van der Waals surface area contributed by atoms with Crippen LogP contribution >= 0.6 is 0 Å². The molecule has 3 rings (SSSR count). The van der Waals surface area contributed by atoms with Crippen molar-refractivity contribution in [1.29, 1.82) is 0 Å². The molecule has 1 aliphatic heterocycles. The molecule has 0 spiro atoms. The Morgan fingerprint density at radius 3 is 3.05 bits per heavy atom. The topological polar surface area (TPSA) is 54.0 Å². The number of amides is 1. The standard InChI is InChI=1S/C17H19N3O/c1-12(15-6-2-3-9-18-15)20-17(21)14-7-8-16-13(11-14)5-4-10-19-16/h2-3,6-9,11-12,19H,4-5,10H2,1H3,(H,20,21). The maximum absolute atomic E-state index is 12.4. The van der Waals surface area contributed by atoms with Crippen LogP contribution in [0.3, 0.4) is 0 Å². The molecule has 1 unspecified atom stereocenters. The lowest BCUT2D eigenvalue weighted by molar-refractivity contribution is 0.0939. The lowest BCUT2D eigenvalue weighted by atomic mass is 10.0. The Hall–Kier alpha value is -2.36. The number of rotatable bonds is 3. The fraction of sp³-hybridized carbons (Fsp3) is 0.294. The first-order chi connectivity index (χ1) is 10.2. The highest BCUT2D eigenvalue weighted by Crippen LogP contribution is 2.23. The molecule has 0 fully saturated rings. The quantitative estimate of drug-likeness (QED) is 0.909. The van der Waals surface area contributed by atoms with Gasteiger partial charge in [0, 0.05) is 24.0 Å². The monoisotopic (exact) mass is 281 g/mol. The third kappa shape index (κ3) is 3.05. The third-order valence-electron chi connectivity index (χ3n) is 3.78. The van der Waals surface area contributed by atoms with Crippen LogP contribution in [0.5, 0.6) is 0 Å². The minimum atomic E-state index is -0.104. The molecule has 0 saturated heterocycles. The van der Waals surface area contributed by atoms with Gasteiger partial charge in [-0.3, -0.25) is 9.78 Å². The molecule has 108 valence electrons. The highest BCUT2D eigenvalue weighted by molar-refractivity contribution is 5.95. The Morgan fingerprint density at radius 2 is 2.24 bits per heavy atom. The summed E-state index contributed by atoms with van der Waals surface area (Å²) in [6.07, 6.45) is 3.88. The van der Waals surface area contributed by atoms with Crippen molar-refractivity contribution in [3.05, 3.63) is 59.4 Å². The van der Waals surface area contributed by atoms with Gasteiger partial charge >= 0.3 is 0 Å². The largest absolute Gasteiger partial charge is 0.385 e. The summed E-state index contributed by atoms with van der Waals surface area (Å²) in [5.74, 6) is -0.0541. The average molecular weight is 281 g/mol. The molecule has 2 aromatic rings. The van der Waals surface area contributed by atoms with Crippen LogP contribution in [-0.4, -0.2) is 17.4 Å². The Kier molecular flexibility index (Phi) is 3.86. The summed E-state index contributed by atoms with van der Waals surface area (Å²) in [4.78, 5) is 16.6. The predicted octanol–water partition coefficient (Wildman–Crippen LogP) is 2.93. The van der Waals surface area contributed by atoms with Crippen molar-refractivity contribution in [3.63, 3.8) is 0 Å². The molecule has 0 aliphatic carbocycles. The van der Waals surface area contributed by atoms with Crippen LogP contribution in [0.1, 0.15) is 41.0 Å². The molecule has 1 aromatic carbocycles. The van der Waals surface area contributed by atoms with Crippen molar-refractivity contribution < 1.29 is 4.79 Å². The zero-order valence-corrected chi connectivity index (χ0v) is 12.1. The first-order valence-electron chi connectivity index (χ1n) is 7.32. The fourth-order valence-corrected chi connectivity index (χ4v) is 2.60. The summed E-state index contributed by atoms with van der Waals surface area (Å²) in [6.45, 7) is 2.95. The van der Waals surface area contributed by atoms with E-state index in [-0.39, 0.29) is 11.9 Å². The van der Waals surface area contributed by atoms with Gasteiger partial charge in [0.1, 0.15) is 0 Å². The maximum Gasteiger partial charge on any atom is 0.251 e. The average Bonchev–Trinajstić information content (AvgIpc) is 2.55. The number of fused-ring (bicyclic) bond motifs is 1. The highest BCUT2D eigenvalue weighted by Gasteiger charge is 2.15. The van der Waals surface area contributed by atoms with Crippen molar-refractivity contribution in [2.45, 2.75) is 25.8 Å². The van der Waals surface area contributed by atoms with E-state index in [0.29, 0.717) is 5.56 Å². The van der Waals surface area contributed by atoms with Gasteiger partial charge < -0.3 is 10.6 Å². The van der Waals surface area contributed by atoms with Gasteiger partial charge in [-0.25, -0.2) is 0 Å². The molecule has 0 radical (unpaired) electrons. The minimum Gasteiger partial charge on any atom is -0.385 e. The molecule has 1 aromatic heterocycles. The highest BCUT2D eigenvalue weighted by atomic mass is 16.1. The Labute approximate surface area is 124 Å². The summed E-state index contributed by atoms with van der Waals surface area (Å²) < 4.78 is 0. The third-order valence-corrected chi connectivity index (χ3v) is 3.78. The van der Waals surface area contributed by atoms with Crippen LogP contribution < -0.4 is 10.6 Å². The Bertz CT molecular complexity index is 640. The van der Waals surface area contributed by atoms with Crippen molar-refractivity contribution in [3.8, 4) is 0 Å². The van der Waals surface area contributed by atoms with Crippen molar-refractivity contribution >= 4 is 11.6 Å². The molecular formula is C17H19N3O. The molecule has 1 atom stereocenters. The first-order valence-corrected chi connectivity index (χ1v) is 7.32. The maximum atomic E-state index is 12.4. The molecule has 2 heterocycles. The lowest BCUT2D eigenvalue weighted by Gasteiger charge is -2.19. The van der Waals surface area contributed by atoms with Crippen molar-refractivity contribution in [1.82, 2.24) is 10.3 Å². The minimum absolute atomic E-state index is 0.0541. The second-order valence-corrected chi connectivity index (χ2v) is 5.35. The molecule has 1 amide bonds. The summed E-state index contributed by atoms with van der Waals surface area (Å²) in [6, 6.07) is 11.5. The second kappa shape index (κ2) is 5.95. The van der Waals surface area contributed by atoms with Gasteiger partial charge in [0.2, 0.25) is 0 Å². The van der Waals surface area contributed by atoms with Crippen molar-refractivity contribution in [2.75, 3.05) is 11.9 Å². The van der Waals surface area contributed by atoms with Crippen LogP contribution in [0.2, 0.25) is 0 Å². The molecule has 21 heavy (non-hydrogen) atoms. The van der Waals surface area contributed by atoms with Crippen LogP contribution in [0, 0.1) is 0 Å². The van der Waals surface area contributed by atoms with Crippen LogP contribution in [0.4, 0.5) is 5.69 Å². The summed E-state index contributed by atoms with van der Waals surface area (Å²) in [5, 5.41) is 6.35. The number of carbonyl (C=O) groups excluding carboxylic acids is 1. The van der Waals surface area contributed by atoms with Gasteiger partial charge in [0.15, 0.2) is 0 Å². The van der Waals surface area contributed by atoms with E-state index in [1.807, 2.05) is 43.3 Å². The normalized spacial score (nSPS) is 14.7. The van der Waals surface area contributed by atoms with E-state index in [2.05, 4.69) is 15.6 Å². The molecule has 0 bridgehead atoms. The molecule has 1 aliphatic rings. The number of anilines is 1. The molecule has 4 nitrogen and oxygen atoms in total. The summed E-state index contributed by atoms with van der Waals surface area (Å²) in [7, 11) is 0. The Balaban J connectivity index is 1.73.